The van der Waals surface area contributed by atoms with Crippen molar-refractivity contribution in [1.29, 1.82) is 0 Å². The molecule has 102 valence electrons. The number of nitrogens with two attached hydrogens (primary N) is 1. The highest BCUT2D eigenvalue weighted by atomic mass is 16.4. The van der Waals surface area contributed by atoms with Crippen molar-refractivity contribution >= 4 is 17.9 Å². The molecule has 1 saturated heterocycles. The van der Waals surface area contributed by atoms with E-state index in [0.29, 0.717) is 19.0 Å². The first-order valence-electron chi connectivity index (χ1n) is 6.00. The van der Waals surface area contributed by atoms with Gasteiger partial charge in [-0.1, -0.05) is 13.3 Å². The van der Waals surface area contributed by atoms with Crippen LogP contribution in [0.2, 0.25) is 0 Å². The lowest BCUT2D eigenvalue weighted by Gasteiger charge is -2.20. The fourth-order valence-electron chi connectivity index (χ4n) is 1.99. The zero-order valence-electron chi connectivity index (χ0n) is 10.4. The number of amides is 3. The lowest BCUT2D eigenvalue weighted by molar-refractivity contribution is -0.140. The topological polar surface area (TPSA) is 113 Å². The van der Waals surface area contributed by atoms with E-state index in [1.54, 1.807) is 4.90 Å². The zero-order valence-corrected chi connectivity index (χ0v) is 10.4. The van der Waals surface area contributed by atoms with Gasteiger partial charge in [0.15, 0.2) is 0 Å². The number of hydrogen-bond acceptors (Lipinski definition) is 3. The molecule has 1 rings (SSSR count). The van der Waals surface area contributed by atoms with Crippen molar-refractivity contribution in [1.82, 2.24) is 10.2 Å². The molecule has 0 bridgehead atoms. The van der Waals surface area contributed by atoms with Crippen molar-refractivity contribution in [2.45, 2.75) is 32.2 Å². The second-order valence-electron chi connectivity index (χ2n) is 4.52. The summed E-state index contributed by atoms with van der Waals surface area (Å²) in [5, 5.41) is 11.2. The molecule has 0 aromatic carbocycles. The van der Waals surface area contributed by atoms with Gasteiger partial charge in [-0.15, -0.1) is 0 Å². The second kappa shape index (κ2) is 6.23. The average molecular weight is 257 g/mol. The standard InChI is InChI=1S/C11H19N3O4/c1-2-7-3-4-14(6-7)11(18)13-8(10(16)17)5-9(12)15/h7-8H,2-6H2,1H3,(H2,12,15)(H,13,18)(H,16,17)/t7?,8-/m0/s1. The van der Waals surface area contributed by atoms with E-state index in [0.717, 1.165) is 12.8 Å². The monoisotopic (exact) mass is 257 g/mol. The summed E-state index contributed by atoms with van der Waals surface area (Å²) in [7, 11) is 0. The molecular formula is C11H19N3O4. The van der Waals surface area contributed by atoms with Crippen LogP contribution in [0, 0.1) is 5.92 Å². The molecule has 0 saturated carbocycles. The number of carbonyl (C=O) groups is 3. The molecule has 7 nitrogen and oxygen atoms in total. The van der Waals surface area contributed by atoms with Crippen LogP contribution in [0.1, 0.15) is 26.2 Å². The lowest BCUT2D eigenvalue weighted by Crippen LogP contribution is -2.48. The molecule has 1 fully saturated rings. The molecule has 1 unspecified atom stereocenters. The zero-order chi connectivity index (χ0) is 13.7. The Kier molecular flexibility index (Phi) is 4.94. The Morgan fingerprint density at radius 2 is 2.17 bits per heavy atom. The summed E-state index contributed by atoms with van der Waals surface area (Å²) in [4.78, 5) is 35.0. The number of hydrogen-bond donors (Lipinski definition) is 3. The molecule has 0 spiro atoms. The minimum Gasteiger partial charge on any atom is -0.480 e. The third-order valence-electron chi connectivity index (χ3n) is 3.15. The van der Waals surface area contributed by atoms with Gasteiger partial charge in [-0.05, 0) is 12.3 Å². The molecule has 4 N–H and O–H groups in total. The third-order valence-corrected chi connectivity index (χ3v) is 3.15. The van der Waals surface area contributed by atoms with Crippen LogP contribution in [0.25, 0.3) is 0 Å². The van der Waals surface area contributed by atoms with Gasteiger partial charge in [-0.2, -0.15) is 0 Å². The predicted molar refractivity (Wildman–Crippen MR) is 63.7 cm³/mol. The van der Waals surface area contributed by atoms with Crippen molar-refractivity contribution in [3.63, 3.8) is 0 Å². The largest absolute Gasteiger partial charge is 0.480 e. The summed E-state index contributed by atoms with van der Waals surface area (Å²) in [6.45, 7) is 3.30. The van der Waals surface area contributed by atoms with Gasteiger partial charge >= 0.3 is 12.0 Å². The van der Waals surface area contributed by atoms with E-state index in [1.165, 1.54) is 0 Å². The van der Waals surface area contributed by atoms with Gasteiger partial charge in [0.1, 0.15) is 6.04 Å². The van der Waals surface area contributed by atoms with Crippen LogP contribution in [-0.2, 0) is 9.59 Å². The Bertz CT molecular complexity index is 345. The minimum absolute atomic E-state index is 0.397. The summed E-state index contributed by atoms with van der Waals surface area (Å²) in [6.07, 6.45) is 1.52. The van der Waals surface area contributed by atoms with E-state index < -0.39 is 30.4 Å². The maximum Gasteiger partial charge on any atom is 0.326 e. The Hall–Kier alpha value is -1.79. The van der Waals surface area contributed by atoms with E-state index in [-0.39, 0.29) is 0 Å². The molecule has 1 aliphatic rings. The predicted octanol–water partition coefficient (Wildman–Crippen LogP) is -0.243. The first-order chi connectivity index (χ1) is 8.43. The molecule has 1 heterocycles. The van der Waals surface area contributed by atoms with Gasteiger partial charge in [0, 0.05) is 13.1 Å². The summed E-state index contributed by atoms with van der Waals surface area (Å²) >= 11 is 0. The Balaban J connectivity index is 2.51. The van der Waals surface area contributed by atoms with Crippen LogP contribution in [-0.4, -0.2) is 47.0 Å². The number of carbonyl (C=O) groups excluding carboxylic acids is 2. The van der Waals surface area contributed by atoms with Crippen molar-refractivity contribution in [2.75, 3.05) is 13.1 Å². The molecule has 2 atom stereocenters. The van der Waals surface area contributed by atoms with E-state index >= 15 is 0 Å². The Labute approximate surface area is 105 Å². The number of urea groups is 1. The van der Waals surface area contributed by atoms with Gasteiger partial charge in [-0.3, -0.25) is 4.79 Å². The number of rotatable bonds is 5. The fourth-order valence-corrected chi connectivity index (χ4v) is 1.99. The molecular weight excluding hydrogens is 238 g/mol. The molecule has 0 aromatic heterocycles. The summed E-state index contributed by atoms with van der Waals surface area (Å²) in [6, 6.07) is -1.70. The van der Waals surface area contributed by atoms with Gasteiger partial charge < -0.3 is 21.1 Å². The van der Waals surface area contributed by atoms with Crippen molar-refractivity contribution < 1.29 is 19.5 Å². The number of carboxylic acid groups (broad SMARTS) is 1. The highest BCUT2D eigenvalue weighted by molar-refractivity contribution is 5.87. The van der Waals surface area contributed by atoms with Crippen molar-refractivity contribution in [3.8, 4) is 0 Å². The first kappa shape index (κ1) is 14.3. The first-order valence-corrected chi connectivity index (χ1v) is 6.00. The van der Waals surface area contributed by atoms with Gasteiger partial charge in [0.25, 0.3) is 0 Å². The van der Waals surface area contributed by atoms with Crippen LogP contribution >= 0.6 is 0 Å². The van der Waals surface area contributed by atoms with Crippen molar-refractivity contribution in [2.24, 2.45) is 11.7 Å². The maximum absolute atomic E-state index is 11.8. The molecule has 7 heteroatoms. The van der Waals surface area contributed by atoms with Gasteiger partial charge in [0.2, 0.25) is 5.91 Å². The quantitative estimate of drug-likeness (QED) is 0.630. The smallest absolute Gasteiger partial charge is 0.326 e. The Morgan fingerprint density at radius 3 is 2.61 bits per heavy atom. The Morgan fingerprint density at radius 1 is 1.50 bits per heavy atom. The number of aliphatic carboxylic acids is 1. The second-order valence-corrected chi connectivity index (χ2v) is 4.52. The average Bonchev–Trinajstić information content (AvgIpc) is 2.75. The van der Waals surface area contributed by atoms with Crippen LogP contribution in [0.5, 0.6) is 0 Å². The van der Waals surface area contributed by atoms with Crippen LogP contribution in [0.3, 0.4) is 0 Å². The van der Waals surface area contributed by atoms with Gasteiger partial charge in [0.05, 0.1) is 6.42 Å². The van der Waals surface area contributed by atoms with Crippen LogP contribution in [0.4, 0.5) is 4.79 Å². The van der Waals surface area contributed by atoms with E-state index in [2.05, 4.69) is 12.2 Å². The molecule has 1 aliphatic heterocycles. The van der Waals surface area contributed by atoms with Crippen LogP contribution in [0.15, 0.2) is 0 Å². The molecule has 18 heavy (non-hydrogen) atoms. The van der Waals surface area contributed by atoms with E-state index in [1.807, 2.05) is 0 Å². The molecule has 0 radical (unpaired) electrons. The lowest BCUT2D eigenvalue weighted by atomic mass is 10.1. The number of primary amides is 1. The summed E-state index contributed by atoms with van der Waals surface area (Å²) in [5.41, 5.74) is 4.94. The summed E-state index contributed by atoms with van der Waals surface area (Å²) < 4.78 is 0. The summed E-state index contributed by atoms with van der Waals surface area (Å²) in [5.74, 6) is -1.54. The minimum atomic E-state index is -1.26. The molecule has 0 aromatic rings. The maximum atomic E-state index is 11.8. The fraction of sp³-hybridized carbons (Fsp3) is 0.727. The highest BCUT2D eigenvalue weighted by Crippen LogP contribution is 2.18. The van der Waals surface area contributed by atoms with E-state index in [4.69, 9.17) is 10.8 Å². The number of nitrogens with zero attached hydrogens (tertiary/aromatic N) is 1. The molecule has 3 amide bonds. The normalized spacial score (nSPS) is 20.5. The third kappa shape index (κ3) is 3.90. The van der Waals surface area contributed by atoms with Crippen LogP contribution < -0.4 is 11.1 Å². The number of nitrogens with one attached hydrogen (secondary N) is 1. The molecule has 0 aliphatic carbocycles. The highest BCUT2D eigenvalue weighted by Gasteiger charge is 2.29. The van der Waals surface area contributed by atoms with E-state index in [9.17, 15) is 14.4 Å². The van der Waals surface area contributed by atoms with Gasteiger partial charge in [-0.25, -0.2) is 9.59 Å². The SMILES string of the molecule is CCC1CCN(C(=O)N[C@@H](CC(N)=O)C(=O)O)C1. The number of carboxylic acids is 1. The van der Waals surface area contributed by atoms with Crippen molar-refractivity contribution in [3.05, 3.63) is 0 Å². The number of likely N-dealkylation sites (tertiary alicyclic amines) is 1.